The molecule has 0 atom stereocenters. The van der Waals surface area contributed by atoms with Gasteiger partial charge in [-0.1, -0.05) is 30.3 Å². The summed E-state index contributed by atoms with van der Waals surface area (Å²) in [5.74, 6) is 1.08. The fourth-order valence-corrected chi connectivity index (χ4v) is 3.55. The van der Waals surface area contributed by atoms with Crippen molar-refractivity contribution in [1.82, 2.24) is 15.5 Å². The van der Waals surface area contributed by atoms with E-state index in [-0.39, 0.29) is 12.5 Å². The molecule has 1 amide bonds. The summed E-state index contributed by atoms with van der Waals surface area (Å²) in [7, 11) is 1.61. The van der Waals surface area contributed by atoms with Gasteiger partial charge in [-0.2, -0.15) is 0 Å². The molecule has 6 heteroatoms. The fourth-order valence-electron chi connectivity index (χ4n) is 3.55. The van der Waals surface area contributed by atoms with Crippen LogP contribution in [0.25, 0.3) is 0 Å². The first-order valence-corrected chi connectivity index (χ1v) is 10.3. The van der Waals surface area contributed by atoms with Crippen LogP contribution in [0, 0.1) is 0 Å². The number of likely N-dealkylation sites (N-methyl/N-ethyl adjacent to an activating group) is 1. The van der Waals surface area contributed by atoms with Gasteiger partial charge in [0.1, 0.15) is 0 Å². The molecule has 1 aliphatic heterocycles. The first-order chi connectivity index (χ1) is 14.2. The fraction of sp³-hybridized carbons (Fsp3) is 0.435. The minimum Gasteiger partial charge on any atom is -0.493 e. The molecule has 0 aromatic heterocycles. The zero-order valence-corrected chi connectivity index (χ0v) is 17.4. The SMILES string of the molecule is CCNC(=O)COc1ccc(CNCCN2CCc3ccccc3C2)cc1OC. The Balaban J connectivity index is 1.43. The molecule has 6 nitrogen and oxygen atoms in total. The number of ether oxygens (including phenoxy) is 2. The van der Waals surface area contributed by atoms with Gasteiger partial charge in [0.25, 0.3) is 5.91 Å². The maximum Gasteiger partial charge on any atom is 0.257 e. The number of hydrogen-bond donors (Lipinski definition) is 2. The van der Waals surface area contributed by atoms with Gasteiger partial charge < -0.3 is 20.1 Å². The average Bonchev–Trinajstić information content (AvgIpc) is 2.75. The molecule has 0 radical (unpaired) electrons. The third-order valence-corrected chi connectivity index (χ3v) is 5.10. The second kappa shape index (κ2) is 10.8. The van der Waals surface area contributed by atoms with Crippen LogP contribution in [0.2, 0.25) is 0 Å². The average molecular weight is 398 g/mol. The second-order valence-corrected chi connectivity index (χ2v) is 7.20. The topological polar surface area (TPSA) is 62.8 Å². The van der Waals surface area contributed by atoms with Crippen LogP contribution in [0.3, 0.4) is 0 Å². The van der Waals surface area contributed by atoms with Crippen LogP contribution in [-0.2, 0) is 24.3 Å². The highest BCUT2D eigenvalue weighted by Crippen LogP contribution is 2.28. The zero-order valence-electron chi connectivity index (χ0n) is 17.4. The van der Waals surface area contributed by atoms with E-state index in [9.17, 15) is 4.79 Å². The number of nitrogens with zero attached hydrogens (tertiary/aromatic N) is 1. The molecule has 29 heavy (non-hydrogen) atoms. The molecule has 0 saturated carbocycles. The molecule has 3 rings (SSSR count). The van der Waals surface area contributed by atoms with E-state index in [1.165, 1.54) is 11.1 Å². The Morgan fingerprint density at radius 1 is 1.14 bits per heavy atom. The van der Waals surface area contributed by atoms with Crippen LogP contribution >= 0.6 is 0 Å². The number of carbonyl (C=O) groups is 1. The molecule has 0 aliphatic carbocycles. The Kier molecular flexibility index (Phi) is 7.90. The van der Waals surface area contributed by atoms with Crippen molar-refractivity contribution >= 4 is 5.91 Å². The summed E-state index contributed by atoms with van der Waals surface area (Å²) in [5.41, 5.74) is 4.06. The Morgan fingerprint density at radius 2 is 1.97 bits per heavy atom. The molecule has 0 spiro atoms. The van der Waals surface area contributed by atoms with E-state index in [0.717, 1.165) is 44.7 Å². The summed E-state index contributed by atoms with van der Waals surface area (Å²) in [6.45, 7) is 7.32. The maximum absolute atomic E-state index is 11.6. The second-order valence-electron chi connectivity index (χ2n) is 7.20. The number of benzene rings is 2. The lowest BCUT2D eigenvalue weighted by Crippen LogP contribution is -2.35. The molecule has 0 bridgehead atoms. The van der Waals surface area contributed by atoms with Crippen LogP contribution in [-0.4, -0.2) is 50.7 Å². The van der Waals surface area contributed by atoms with Crippen molar-refractivity contribution in [3.8, 4) is 11.5 Å². The Bertz CT molecular complexity index is 810. The van der Waals surface area contributed by atoms with Crippen molar-refractivity contribution in [2.24, 2.45) is 0 Å². The molecule has 2 aromatic carbocycles. The van der Waals surface area contributed by atoms with Crippen molar-refractivity contribution in [3.05, 3.63) is 59.2 Å². The zero-order chi connectivity index (χ0) is 20.5. The summed E-state index contributed by atoms with van der Waals surface area (Å²) >= 11 is 0. The van der Waals surface area contributed by atoms with Crippen LogP contribution in [0.15, 0.2) is 42.5 Å². The van der Waals surface area contributed by atoms with Gasteiger partial charge in [-0.25, -0.2) is 0 Å². The summed E-state index contributed by atoms with van der Waals surface area (Å²) in [6, 6.07) is 14.5. The Morgan fingerprint density at radius 3 is 2.76 bits per heavy atom. The summed E-state index contributed by atoms with van der Waals surface area (Å²) < 4.78 is 11.0. The van der Waals surface area contributed by atoms with Gasteiger partial charge in [0.05, 0.1) is 7.11 Å². The van der Waals surface area contributed by atoms with E-state index in [1.54, 1.807) is 7.11 Å². The minimum absolute atomic E-state index is 0.0131. The van der Waals surface area contributed by atoms with Crippen LogP contribution in [0.5, 0.6) is 11.5 Å². The number of amides is 1. The van der Waals surface area contributed by atoms with Gasteiger partial charge in [-0.15, -0.1) is 0 Å². The molecule has 2 aromatic rings. The number of hydrogen-bond acceptors (Lipinski definition) is 5. The predicted octanol–water partition coefficient (Wildman–Crippen LogP) is 2.36. The molecule has 0 saturated heterocycles. The molecule has 0 unspecified atom stereocenters. The Hall–Kier alpha value is -2.57. The van der Waals surface area contributed by atoms with E-state index < -0.39 is 0 Å². The van der Waals surface area contributed by atoms with Crippen molar-refractivity contribution in [2.45, 2.75) is 26.4 Å². The van der Waals surface area contributed by atoms with Crippen molar-refractivity contribution < 1.29 is 14.3 Å². The standard InChI is InChI=1S/C23H31N3O3/c1-3-25-23(27)17-29-21-9-8-18(14-22(21)28-2)15-24-11-13-26-12-10-19-6-4-5-7-20(19)16-26/h4-9,14,24H,3,10-13,15-17H2,1-2H3,(H,25,27). The number of carbonyl (C=O) groups excluding carboxylic acids is 1. The number of rotatable bonds is 10. The smallest absolute Gasteiger partial charge is 0.257 e. The monoisotopic (exact) mass is 397 g/mol. The summed E-state index contributed by atoms with van der Waals surface area (Å²) in [4.78, 5) is 14.1. The van der Waals surface area contributed by atoms with Crippen molar-refractivity contribution in [3.63, 3.8) is 0 Å². The molecular weight excluding hydrogens is 366 g/mol. The van der Waals surface area contributed by atoms with E-state index in [2.05, 4.69) is 39.8 Å². The predicted molar refractivity (Wildman–Crippen MR) is 114 cm³/mol. The van der Waals surface area contributed by atoms with E-state index in [1.807, 2.05) is 25.1 Å². The number of fused-ring (bicyclic) bond motifs is 1. The number of methoxy groups -OCH3 is 1. The van der Waals surface area contributed by atoms with Crippen molar-refractivity contribution in [2.75, 3.05) is 39.9 Å². The molecule has 1 heterocycles. The van der Waals surface area contributed by atoms with Gasteiger partial charge in [-0.05, 0) is 42.2 Å². The molecule has 156 valence electrons. The first-order valence-electron chi connectivity index (χ1n) is 10.3. The van der Waals surface area contributed by atoms with E-state index in [0.29, 0.717) is 18.0 Å². The Labute approximate surface area is 173 Å². The largest absolute Gasteiger partial charge is 0.493 e. The first kappa shape index (κ1) is 21.1. The van der Waals surface area contributed by atoms with Crippen LogP contribution < -0.4 is 20.1 Å². The van der Waals surface area contributed by atoms with Crippen molar-refractivity contribution in [1.29, 1.82) is 0 Å². The lowest BCUT2D eigenvalue weighted by atomic mass is 10.00. The summed E-state index contributed by atoms with van der Waals surface area (Å²) in [6.07, 6.45) is 1.13. The summed E-state index contributed by atoms with van der Waals surface area (Å²) in [5, 5.41) is 6.22. The van der Waals surface area contributed by atoms with Gasteiger partial charge in [-0.3, -0.25) is 9.69 Å². The highest BCUT2D eigenvalue weighted by molar-refractivity contribution is 5.77. The van der Waals surface area contributed by atoms with Gasteiger partial charge in [0, 0.05) is 39.3 Å². The molecule has 0 fully saturated rings. The molecule has 2 N–H and O–H groups in total. The van der Waals surface area contributed by atoms with Crippen LogP contribution in [0.4, 0.5) is 0 Å². The number of nitrogens with one attached hydrogen (secondary N) is 2. The van der Waals surface area contributed by atoms with Gasteiger partial charge in [0.2, 0.25) is 0 Å². The lowest BCUT2D eigenvalue weighted by molar-refractivity contribution is -0.123. The van der Waals surface area contributed by atoms with Gasteiger partial charge >= 0.3 is 0 Å². The third kappa shape index (κ3) is 6.21. The third-order valence-electron chi connectivity index (χ3n) is 5.10. The normalized spacial score (nSPS) is 13.6. The minimum atomic E-state index is -0.138. The van der Waals surface area contributed by atoms with Crippen LogP contribution in [0.1, 0.15) is 23.6 Å². The molecular formula is C23H31N3O3. The van der Waals surface area contributed by atoms with E-state index in [4.69, 9.17) is 9.47 Å². The molecule has 1 aliphatic rings. The quantitative estimate of drug-likeness (QED) is 0.603. The highest BCUT2D eigenvalue weighted by atomic mass is 16.5. The highest BCUT2D eigenvalue weighted by Gasteiger charge is 2.15. The van der Waals surface area contributed by atoms with Gasteiger partial charge in [0.15, 0.2) is 18.1 Å². The van der Waals surface area contributed by atoms with E-state index >= 15 is 0 Å². The lowest BCUT2D eigenvalue weighted by Gasteiger charge is -2.28. The maximum atomic E-state index is 11.6.